The van der Waals surface area contributed by atoms with Gasteiger partial charge in [0.2, 0.25) is 0 Å². The van der Waals surface area contributed by atoms with Crippen molar-refractivity contribution in [1.82, 2.24) is 40.4 Å². The zero-order valence-electron chi connectivity index (χ0n) is 70.1. The number of ether oxygens (including phenoxy) is 3. The molecule has 7 fully saturated rings. The van der Waals surface area contributed by atoms with Crippen LogP contribution in [0.4, 0.5) is 17.6 Å². The topological polar surface area (TPSA) is 261 Å². The maximum absolute atomic E-state index is 15.0. The number of thiocarbonyl (C=S) groups is 1. The number of hydrogen-bond acceptors (Lipinski definition) is 18. The number of thioether (sulfide) groups is 1. The summed E-state index contributed by atoms with van der Waals surface area (Å²) in [6.07, 6.45) is 33.9. The number of hydrogen-bond donors (Lipinski definition) is 3. The molecule has 7 aromatic rings. The minimum Gasteiger partial charge on any atom is -1.00 e. The average molecular weight is 1790 g/mol. The molecule has 9 aliphatic carbocycles. The Labute approximate surface area is 804 Å². The van der Waals surface area contributed by atoms with Gasteiger partial charge in [0.1, 0.15) is 23.3 Å². The SMILES string of the molecule is COC1CCC2(CC1)Cc1ccc(CCC3CC3)cc1C21N=C(N)N(Cc2ccc(F)cn2)C1=O.COC1CCC2(CC1)Cc1ccc(CCC3CC3)cc1C21N=C(SCc2ccc(F)cn2)N(Cc2ccc(F)cn2)C1=O.COC1CCC2(CC1)Cc1ccc(CCC3CC3)cc1C21NC(=S)NC1=O.Fc1ccc(CBr)nc1.O=CO[O-].[H-].[K+].[K+]. The molecule has 626 valence electrons. The summed E-state index contributed by atoms with van der Waals surface area (Å²) in [6.45, 7) is 0.195. The van der Waals surface area contributed by atoms with Gasteiger partial charge in [-0.05, 0) is 263 Å². The summed E-state index contributed by atoms with van der Waals surface area (Å²) in [5.41, 5.74) is 16.5. The van der Waals surface area contributed by atoms with Crippen molar-refractivity contribution >= 4 is 80.3 Å². The third-order valence-corrected chi connectivity index (χ3v) is 29.0. The first-order valence-electron chi connectivity index (χ1n) is 41.6. The predicted molar refractivity (Wildman–Crippen MR) is 447 cm³/mol. The van der Waals surface area contributed by atoms with Crippen LogP contribution in [0.3, 0.4) is 0 Å². The van der Waals surface area contributed by atoms with Crippen LogP contribution in [0.25, 0.3) is 0 Å². The number of benzene rings is 3. The fraction of sp³-hybridized carbons (Fsp3) is 0.505. The van der Waals surface area contributed by atoms with Gasteiger partial charge in [-0.1, -0.05) is 121 Å². The number of carbonyl (C=O) groups excluding carboxylic acids is 4. The second kappa shape index (κ2) is 40.2. The van der Waals surface area contributed by atoms with Crippen LogP contribution in [0.2, 0.25) is 0 Å². The predicted octanol–water partition coefficient (Wildman–Crippen LogP) is 9.03. The summed E-state index contributed by atoms with van der Waals surface area (Å²) in [6, 6.07) is 32.3. The maximum Gasteiger partial charge on any atom is 1.00 e. The number of amides is 3. The molecule has 1 saturated heterocycles. The molecule has 20 nitrogen and oxygen atoms in total. The van der Waals surface area contributed by atoms with Gasteiger partial charge in [0.15, 0.2) is 32.9 Å². The minimum atomic E-state index is -1.05. The molecule has 120 heavy (non-hydrogen) atoms. The van der Waals surface area contributed by atoms with Crippen LogP contribution >= 0.6 is 39.9 Å². The molecule has 19 rings (SSSR count). The molecule has 0 bridgehead atoms. The normalized spacial score (nSPS) is 26.9. The number of carbonyl (C=O) groups is 4. The number of rotatable bonds is 20. The molecule has 3 unspecified atom stereocenters. The number of halogens is 5. The van der Waals surface area contributed by atoms with Crippen molar-refractivity contribution in [3.63, 3.8) is 0 Å². The van der Waals surface area contributed by atoms with Crippen LogP contribution in [0.15, 0.2) is 138 Å². The maximum atomic E-state index is 15.0. The largest absolute Gasteiger partial charge is 1.00 e. The van der Waals surface area contributed by atoms with Gasteiger partial charge in [0.05, 0.1) is 79.0 Å². The number of nitrogens with one attached hydrogen (secondary N) is 2. The van der Waals surface area contributed by atoms with Crippen LogP contribution in [-0.2, 0) is 118 Å². The van der Waals surface area contributed by atoms with E-state index in [0.29, 0.717) is 44.5 Å². The van der Waals surface area contributed by atoms with Gasteiger partial charge >= 0.3 is 103 Å². The first-order chi connectivity index (χ1) is 57.1. The molecule has 3 aliphatic heterocycles. The smallest absolute Gasteiger partial charge is 1.00 e. The fourth-order valence-corrected chi connectivity index (χ4v) is 21.8. The van der Waals surface area contributed by atoms with Crippen molar-refractivity contribution < 1.29 is 165 Å². The van der Waals surface area contributed by atoms with E-state index in [1.165, 1.54) is 158 Å². The van der Waals surface area contributed by atoms with E-state index in [1.807, 2.05) is 0 Å². The Morgan fingerprint density at radius 1 is 0.533 bits per heavy atom. The summed E-state index contributed by atoms with van der Waals surface area (Å²) in [4.78, 5) is 84.2. The molecular formula is C91H104BrF4K2N11O9S2. The van der Waals surface area contributed by atoms with E-state index in [2.05, 4.69) is 106 Å². The van der Waals surface area contributed by atoms with Crippen molar-refractivity contribution in [2.45, 2.75) is 232 Å². The molecule has 4 aromatic heterocycles. The van der Waals surface area contributed by atoms with Gasteiger partial charge in [-0.15, -0.1) is 0 Å². The molecule has 12 aliphatic rings. The number of aryl methyl sites for hydroxylation is 3. The van der Waals surface area contributed by atoms with E-state index < -0.39 is 34.1 Å². The molecule has 4 N–H and O–H groups in total. The first kappa shape index (κ1) is 92.5. The van der Waals surface area contributed by atoms with E-state index in [-0.39, 0.29) is 182 Å². The number of methoxy groups -OCH3 is 3. The van der Waals surface area contributed by atoms with Crippen molar-refractivity contribution in [3.05, 3.63) is 224 Å². The van der Waals surface area contributed by atoms with Crippen LogP contribution in [0, 0.1) is 57.3 Å². The van der Waals surface area contributed by atoms with Crippen LogP contribution < -0.4 is 124 Å². The number of amidine groups is 1. The molecule has 29 heteroatoms. The number of aliphatic imine (C=N–C) groups is 2. The monoisotopic (exact) mass is 1790 g/mol. The van der Waals surface area contributed by atoms with E-state index in [4.69, 9.17) is 52.2 Å². The van der Waals surface area contributed by atoms with Gasteiger partial charge in [0, 0.05) is 48.7 Å². The van der Waals surface area contributed by atoms with Gasteiger partial charge in [-0.25, -0.2) is 27.5 Å². The van der Waals surface area contributed by atoms with E-state index in [1.54, 1.807) is 55.4 Å². The molecule has 3 aromatic carbocycles. The van der Waals surface area contributed by atoms with Gasteiger partial charge in [-0.2, -0.15) is 0 Å². The Balaban J connectivity index is 0.000000155. The Hall–Kier alpha value is -5.17. The van der Waals surface area contributed by atoms with Crippen LogP contribution in [-0.4, -0.2) is 110 Å². The zero-order chi connectivity index (χ0) is 82.6. The van der Waals surface area contributed by atoms with Crippen molar-refractivity contribution in [1.29, 1.82) is 0 Å². The quantitative estimate of drug-likeness (QED) is 0.0122. The third-order valence-electron chi connectivity index (χ3n) is 27.3. The van der Waals surface area contributed by atoms with Gasteiger partial charge in [0.25, 0.3) is 24.2 Å². The minimum absolute atomic E-state index is 0. The Morgan fingerprint density at radius 2 is 0.900 bits per heavy atom. The Kier molecular flexibility index (Phi) is 31.0. The molecule has 7 heterocycles. The number of alkyl halides is 1. The summed E-state index contributed by atoms with van der Waals surface area (Å²) in [5.74, 6) is 1.68. The summed E-state index contributed by atoms with van der Waals surface area (Å²) in [7, 11) is 5.33. The number of fused-ring (bicyclic) bond motifs is 9. The van der Waals surface area contributed by atoms with E-state index >= 15 is 4.79 Å². The molecule has 3 atom stereocenters. The third kappa shape index (κ3) is 19.5. The van der Waals surface area contributed by atoms with Crippen molar-refractivity contribution in [3.8, 4) is 0 Å². The molecule has 3 amide bonds. The summed E-state index contributed by atoms with van der Waals surface area (Å²) in [5, 5.41) is 16.6. The fourth-order valence-electron chi connectivity index (χ4n) is 20.3. The van der Waals surface area contributed by atoms with E-state index in [9.17, 15) is 27.2 Å². The van der Waals surface area contributed by atoms with E-state index in [0.717, 1.165) is 150 Å². The standard InChI is InChI=1S/C34H36F2N4O2S.C28H33FN4O2.C22H28N2O2S.C6H5BrFN.CH2O3.2K.H/c1-42-29-12-14-33(15-13-29)17-24-7-6-23(5-4-22-2-3-22)16-30(24)34(33)31(41)40(20-27-10-8-25(35)18-37-27)32(39-34)43-21-28-11-9-26(36)19-38-28;1-35-23-10-12-27(13-11-23)15-20-7-6-19(5-4-18-2-3-18)14-24(20)28(27)25(34)33(26(30)32-28)17-22-9-8-21(29)16-31-22;1-26-17-8-10-21(11-9-17)13-16-7-6-15(5-4-14-2-3-14)12-18(16)22(21)19(25)23-20(27)24-22;7-3-6-2-1-5(8)4-9-6;2-1-4-3;;;/h6-11,16,18-19,22,29H,2-5,12-15,17,20-21H2,1H3;6-9,14,16,18,23H,2-5,10-13,15,17H2,1H3,(H2,30,32);6-7,12,14,17H,2-5,8-11,13H2,1H3,(H2,23,24,25,27);1-2,4H,3H2;1,3H;;;/q;;;;;2*+1;-1/p-1. The summed E-state index contributed by atoms with van der Waals surface area (Å²) >= 11 is 10.0. The number of nitrogens with two attached hydrogens (primary N) is 1. The summed E-state index contributed by atoms with van der Waals surface area (Å²) < 4.78 is 69.9. The second-order valence-corrected chi connectivity index (χ2v) is 36.2. The Morgan fingerprint density at radius 3 is 1.27 bits per heavy atom. The van der Waals surface area contributed by atoms with Crippen molar-refractivity contribution in [2.24, 2.45) is 49.7 Å². The van der Waals surface area contributed by atoms with Crippen molar-refractivity contribution in [2.75, 3.05) is 21.3 Å². The molecule has 6 spiro atoms. The van der Waals surface area contributed by atoms with Crippen LogP contribution in [0.1, 0.15) is 209 Å². The Bertz CT molecular complexity index is 4890. The number of aromatic nitrogens is 4. The number of pyridine rings is 4. The number of guanidine groups is 1. The molecule has 0 radical (unpaired) electrons. The zero-order valence-corrected chi connectivity index (χ0v) is 78.6. The average Bonchev–Trinajstić information content (AvgIpc) is 1.54. The second-order valence-electron chi connectivity index (χ2n) is 34.3. The number of nitrogens with zero attached hydrogens (tertiary/aromatic N) is 8. The van der Waals surface area contributed by atoms with Crippen LogP contribution in [0.5, 0.6) is 0 Å². The molecular weight excluding hydrogens is 1690 g/mol. The van der Waals surface area contributed by atoms with Gasteiger partial charge in [-0.3, -0.25) is 48.9 Å². The first-order valence-corrected chi connectivity index (χ1v) is 44.2. The van der Waals surface area contributed by atoms with Gasteiger partial charge < -0.3 is 42.1 Å². The molecule has 6 saturated carbocycles.